The van der Waals surface area contributed by atoms with Gasteiger partial charge in [-0.05, 0) is 25.0 Å². The number of thiazole rings is 1. The molecule has 8 nitrogen and oxygen atoms in total. The Balaban J connectivity index is 1.31. The minimum Gasteiger partial charge on any atom is -0.497 e. The summed E-state index contributed by atoms with van der Waals surface area (Å²) in [7, 11) is 1.68. The van der Waals surface area contributed by atoms with Crippen molar-refractivity contribution in [3.63, 3.8) is 0 Å². The standard InChI is InChI=1S/C22H27N5O3S2/c1-28-18-5-2-4-16(12-18)20-23-17(14-31-20)15-32-22-25-24-21(26-7-10-29-11-8-26)27(22)13-19-6-3-9-30-19/h2,4-5,12,14,19H,3,6-11,13,15H2,1H3. The number of methoxy groups -OCH3 is 1. The van der Waals surface area contributed by atoms with Gasteiger partial charge in [-0.15, -0.1) is 21.5 Å². The lowest BCUT2D eigenvalue weighted by molar-refractivity contribution is 0.0942. The highest BCUT2D eigenvalue weighted by Crippen LogP contribution is 2.31. The average molecular weight is 474 g/mol. The first-order valence-electron chi connectivity index (χ1n) is 10.9. The van der Waals surface area contributed by atoms with Crippen molar-refractivity contribution in [1.29, 1.82) is 0 Å². The summed E-state index contributed by atoms with van der Waals surface area (Å²) < 4.78 is 19.0. The van der Waals surface area contributed by atoms with Gasteiger partial charge in [0.15, 0.2) is 5.16 Å². The molecule has 0 aliphatic carbocycles. The van der Waals surface area contributed by atoms with Crippen molar-refractivity contribution < 1.29 is 14.2 Å². The van der Waals surface area contributed by atoms with Crippen LogP contribution in [0.3, 0.4) is 0 Å². The van der Waals surface area contributed by atoms with Crippen molar-refractivity contribution in [2.75, 3.05) is 44.9 Å². The highest BCUT2D eigenvalue weighted by molar-refractivity contribution is 7.98. The Kier molecular flexibility index (Phi) is 6.92. The molecule has 32 heavy (non-hydrogen) atoms. The second kappa shape index (κ2) is 10.2. The Hall–Kier alpha value is -2.14. The molecule has 1 unspecified atom stereocenters. The van der Waals surface area contributed by atoms with Gasteiger partial charge in [-0.3, -0.25) is 4.57 Å². The van der Waals surface area contributed by atoms with Gasteiger partial charge in [0.05, 0.1) is 38.7 Å². The lowest BCUT2D eigenvalue weighted by Crippen LogP contribution is -2.38. The molecule has 0 spiro atoms. The third-order valence-electron chi connectivity index (χ3n) is 5.62. The summed E-state index contributed by atoms with van der Waals surface area (Å²) in [5.41, 5.74) is 2.11. The van der Waals surface area contributed by atoms with E-state index in [1.54, 1.807) is 30.2 Å². The molecule has 10 heteroatoms. The number of hydrogen-bond donors (Lipinski definition) is 0. The summed E-state index contributed by atoms with van der Waals surface area (Å²) in [5, 5.41) is 13.1. The molecule has 5 rings (SSSR count). The Morgan fingerprint density at radius 3 is 2.94 bits per heavy atom. The number of hydrogen-bond acceptors (Lipinski definition) is 9. The molecule has 170 valence electrons. The fraction of sp³-hybridized carbons (Fsp3) is 0.500. The van der Waals surface area contributed by atoms with E-state index in [4.69, 9.17) is 19.2 Å². The number of rotatable bonds is 8. The molecule has 2 aromatic heterocycles. The lowest BCUT2D eigenvalue weighted by Gasteiger charge is -2.28. The van der Waals surface area contributed by atoms with Crippen LogP contribution < -0.4 is 9.64 Å². The third-order valence-corrected chi connectivity index (χ3v) is 7.56. The van der Waals surface area contributed by atoms with Crippen LogP contribution in [0.1, 0.15) is 18.5 Å². The zero-order chi connectivity index (χ0) is 21.8. The van der Waals surface area contributed by atoms with E-state index in [0.29, 0.717) is 0 Å². The second-order valence-electron chi connectivity index (χ2n) is 7.79. The molecular formula is C22H27N5O3S2. The minimum atomic E-state index is 0.226. The van der Waals surface area contributed by atoms with E-state index in [-0.39, 0.29) is 6.10 Å². The van der Waals surface area contributed by atoms with E-state index in [1.165, 1.54) is 0 Å². The van der Waals surface area contributed by atoms with Crippen molar-refractivity contribution in [3.05, 3.63) is 35.3 Å². The number of morpholine rings is 1. The molecule has 2 aliphatic heterocycles. The fourth-order valence-electron chi connectivity index (χ4n) is 3.94. The summed E-state index contributed by atoms with van der Waals surface area (Å²) in [6.07, 6.45) is 2.43. The minimum absolute atomic E-state index is 0.226. The van der Waals surface area contributed by atoms with Gasteiger partial charge in [-0.2, -0.15) is 0 Å². The lowest BCUT2D eigenvalue weighted by atomic mass is 10.2. The van der Waals surface area contributed by atoms with Crippen LogP contribution in [-0.4, -0.2) is 65.9 Å². The maximum atomic E-state index is 5.91. The Labute approximate surface area is 195 Å². The summed E-state index contributed by atoms with van der Waals surface area (Å²) in [4.78, 5) is 7.10. The van der Waals surface area contributed by atoms with Gasteiger partial charge in [0, 0.05) is 36.4 Å². The molecule has 2 fully saturated rings. The maximum Gasteiger partial charge on any atom is 0.228 e. The zero-order valence-corrected chi connectivity index (χ0v) is 19.7. The molecule has 3 aromatic rings. The van der Waals surface area contributed by atoms with Gasteiger partial charge >= 0.3 is 0 Å². The predicted octanol–water partition coefficient (Wildman–Crippen LogP) is 3.72. The molecular weight excluding hydrogens is 446 g/mol. The fourth-order valence-corrected chi connectivity index (χ4v) is 5.69. The Morgan fingerprint density at radius 1 is 1.22 bits per heavy atom. The largest absolute Gasteiger partial charge is 0.497 e. The van der Waals surface area contributed by atoms with Crippen molar-refractivity contribution in [1.82, 2.24) is 19.7 Å². The van der Waals surface area contributed by atoms with Gasteiger partial charge < -0.3 is 19.1 Å². The third kappa shape index (κ3) is 4.93. The maximum absolute atomic E-state index is 5.91. The predicted molar refractivity (Wildman–Crippen MR) is 126 cm³/mol. The van der Waals surface area contributed by atoms with E-state index in [0.717, 1.165) is 91.2 Å². The van der Waals surface area contributed by atoms with Crippen molar-refractivity contribution in [2.45, 2.75) is 36.4 Å². The Morgan fingerprint density at radius 2 is 2.12 bits per heavy atom. The summed E-state index contributed by atoms with van der Waals surface area (Å²) in [5.74, 6) is 2.50. The Bertz CT molecular complexity index is 1030. The van der Waals surface area contributed by atoms with E-state index in [9.17, 15) is 0 Å². The van der Waals surface area contributed by atoms with Crippen LogP contribution in [-0.2, 0) is 21.8 Å². The number of thioether (sulfide) groups is 1. The zero-order valence-electron chi connectivity index (χ0n) is 18.1. The van der Waals surface area contributed by atoms with Gasteiger partial charge in [0.25, 0.3) is 0 Å². The van der Waals surface area contributed by atoms with Crippen LogP contribution in [0.4, 0.5) is 5.95 Å². The molecule has 0 amide bonds. The molecule has 0 bridgehead atoms. The normalized spacial score (nSPS) is 18.9. The molecule has 0 N–H and O–H groups in total. The molecule has 2 aliphatic rings. The summed E-state index contributed by atoms with van der Waals surface area (Å²) >= 11 is 3.33. The molecule has 2 saturated heterocycles. The highest BCUT2D eigenvalue weighted by atomic mass is 32.2. The van der Waals surface area contributed by atoms with Gasteiger partial charge in [-0.1, -0.05) is 23.9 Å². The number of aromatic nitrogens is 4. The van der Waals surface area contributed by atoms with Crippen molar-refractivity contribution in [2.24, 2.45) is 0 Å². The number of anilines is 1. The van der Waals surface area contributed by atoms with Crippen LogP contribution in [0.2, 0.25) is 0 Å². The first kappa shape index (κ1) is 21.7. The SMILES string of the molecule is COc1cccc(-c2nc(CSc3nnc(N4CCOCC4)n3CC3CCCO3)cs2)c1. The van der Waals surface area contributed by atoms with E-state index >= 15 is 0 Å². The summed E-state index contributed by atoms with van der Waals surface area (Å²) in [6.45, 7) is 4.75. The van der Waals surface area contributed by atoms with Gasteiger partial charge in [0.2, 0.25) is 5.95 Å². The summed E-state index contributed by atoms with van der Waals surface area (Å²) in [6, 6.07) is 8.01. The number of benzene rings is 1. The highest BCUT2D eigenvalue weighted by Gasteiger charge is 2.25. The molecule has 0 saturated carbocycles. The molecule has 0 radical (unpaired) electrons. The van der Waals surface area contributed by atoms with Crippen molar-refractivity contribution >= 4 is 29.0 Å². The van der Waals surface area contributed by atoms with Crippen molar-refractivity contribution in [3.8, 4) is 16.3 Å². The van der Waals surface area contributed by atoms with E-state index in [2.05, 4.69) is 31.1 Å². The van der Waals surface area contributed by atoms with Gasteiger partial charge in [-0.25, -0.2) is 4.98 Å². The quantitative estimate of drug-likeness (QED) is 0.459. The smallest absolute Gasteiger partial charge is 0.228 e. The first-order valence-corrected chi connectivity index (χ1v) is 12.8. The second-order valence-corrected chi connectivity index (χ2v) is 9.59. The molecule has 1 aromatic carbocycles. The monoisotopic (exact) mass is 473 g/mol. The molecule has 4 heterocycles. The van der Waals surface area contributed by atoms with Crippen LogP contribution in [0, 0.1) is 0 Å². The topological polar surface area (TPSA) is 74.5 Å². The van der Waals surface area contributed by atoms with E-state index in [1.807, 2.05) is 18.2 Å². The van der Waals surface area contributed by atoms with Crippen LogP contribution in [0.15, 0.2) is 34.8 Å². The number of nitrogens with zero attached hydrogens (tertiary/aromatic N) is 5. The van der Waals surface area contributed by atoms with Crippen LogP contribution >= 0.6 is 23.1 Å². The van der Waals surface area contributed by atoms with Gasteiger partial charge in [0.1, 0.15) is 10.8 Å². The van der Waals surface area contributed by atoms with E-state index < -0.39 is 0 Å². The first-order chi connectivity index (χ1) is 15.8. The average Bonchev–Trinajstić information content (AvgIpc) is 3.60. The molecule has 1 atom stereocenters. The van der Waals surface area contributed by atoms with Crippen LogP contribution in [0.25, 0.3) is 10.6 Å². The van der Waals surface area contributed by atoms with Crippen LogP contribution in [0.5, 0.6) is 5.75 Å². The number of ether oxygens (including phenoxy) is 3.